The standard InChI is InChI=1S/C16H22N4O3S/c1-5-20(6-2)9-12-7-8-13(23-12)15(21)18-19-16(22)14-10(3)17-11(4)24-14/h7-8H,5-6,9H2,1-4H3,(H,18,21)(H,19,22). The lowest BCUT2D eigenvalue weighted by Gasteiger charge is -2.15. The van der Waals surface area contributed by atoms with Gasteiger partial charge in [-0.2, -0.15) is 0 Å². The summed E-state index contributed by atoms with van der Waals surface area (Å²) in [7, 11) is 0. The fraction of sp³-hybridized carbons (Fsp3) is 0.438. The largest absolute Gasteiger partial charge is 0.454 e. The van der Waals surface area contributed by atoms with Crippen molar-refractivity contribution < 1.29 is 14.0 Å². The number of rotatable bonds is 6. The maximum atomic E-state index is 12.1. The molecule has 0 saturated heterocycles. The third-order valence-corrected chi connectivity index (χ3v) is 4.63. The fourth-order valence-corrected chi connectivity index (χ4v) is 3.04. The van der Waals surface area contributed by atoms with Gasteiger partial charge in [0.2, 0.25) is 0 Å². The number of carbonyl (C=O) groups excluding carboxylic acids is 2. The van der Waals surface area contributed by atoms with E-state index in [1.54, 1.807) is 19.1 Å². The lowest BCUT2D eigenvalue weighted by Crippen LogP contribution is -2.41. The van der Waals surface area contributed by atoms with E-state index < -0.39 is 5.91 Å². The van der Waals surface area contributed by atoms with Gasteiger partial charge >= 0.3 is 5.91 Å². The molecule has 2 rings (SSSR count). The molecule has 0 unspecified atom stereocenters. The van der Waals surface area contributed by atoms with Crippen molar-refractivity contribution >= 4 is 23.2 Å². The number of thiazole rings is 1. The minimum atomic E-state index is -0.493. The maximum Gasteiger partial charge on any atom is 0.305 e. The van der Waals surface area contributed by atoms with Crippen molar-refractivity contribution in [3.63, 3.8) is 0 Å². The van der Waals surface area contributed by atoms with Crippen molar-refractivity contribution in [2.24, 2.45) is 0 Å². The van der Waals surface area contributed by atoms with Crippen molar-refractivity contribution in [3.8, 4) is 0 Å². The average molecular weight is 350 g/mol. The third-order valence-electron chi connectivity index (χ3n) is 3.56. The van der Waals surface area contributed by atoms with Crippen LogP contribution in [0, 0.1) is 13.8 Å². The lowest BCUT2D eigenvalue weighted by molar-refractivity contribution is 0.0830. The van der Waals surface area contributed by atoms with E-state index in [0.29, 0.717) is 22.9 Å². The predicted molar refractivity (Wildman–Crippen MR) is 91.9 cm³/mol. The Morgan fingerprint density at radius 1 is 1.17 bits per heavy atom. The van der Waals surface area contributed by atoms with E-state index in [-0.39, 0.29) is 11.7 Å². The van der Waals surface area contributed by atoms with Crippen molar-refractivity contribution in [2.45, 2.75) is 34.2 Å². The van der Waals surface area contributed by atoms with Crippen LogP contribution in [0.2, 0.25) is 0 Å². The van der Waals surface area contributed by atoms with Crippen LogP contribution in [-0.4, -0.2) is 34.8 Å². The van der Waals surface area contributed by atoms with Crippen LogP contribution in [0.1, 0.15) is 50.5 Å². The molecule has 2 aromatic rings. The molecule has 0 atom stereocenters. The Bertz CT molecular complexity index is 719. The summed E-state index contributed by atoms with van der Waals surface area (Å²) >= 11 is 1.28. The molecule has 0 aromatic carbocycles. The highest BCUT2D eigenvalue weighted by Gasteiger charge is 2.17. The molecule has 0 aliphatic rings. The van der Waals surface area contributed by atoms with Gasteiger partial charge in [0.05, 0.1) is 17.2 Å². The van der Waals surface area contributed by atoms with Crippen LogP contribution in [0.5, 0.6) is 0 Å². The van der Waals surface area contributed by atoms with Gasteiger partial charge in [0.15, 0.2) is 5.76 Å². The van der Waals surface area contributed by atoms with E-state index >= 15 is 0 Å². The Labute approximate surface area is 145 Å². The smallest absolute Gasteiger partial charge is 0.305 e. The van der Waals surface area contributed by atoms with Crippen LogP contribution in [0.15, 0.2) is 16.5 Å². The van der Waals surface area contributed by atoms with Crippen molar-refractivity contribution in [2.75, 3.05) is 13.1 Å². The molecule has 0 aliphatic heterocycles. The summed E-state index contributed by atoms with van der Waals surface area (Å²) < 4.78 is 5.53. The minimum absolute atomic E-state index is 0.162. The minimum Gasteiger partial charge on any atom is -0.454 e. The summed E-state index contributed by atoms with van der Waals surface area (Å²) in [6, 6.07) is 3.37. The number of carbonyl (C=O) groups is 2. The van der Waals surface area contributed by atoms with E-state index in [4.69, 9.17) is 4.42 Å². The average Bonchev–Trinajstić information content (AvgIpc) is 3.16. The topological polar surface area (TPSA) is 87.5 Å². The molecule has 130 valence electrons. The van der Waals surface area contributed by atoms with Crippen LogP contribution < -0.4 is 10.9 Å². The zero-order valence-corrected chi connectivity index (χ0v) is 15.1. The second kappa shape index (κ2) is 8.07. The molecule has 0 radical (unpaired) electrons. The Hall–Kier alpha value is -2.19. The molecule has 2 aromatic heterocycles. The number of furan rings is 1. The molecule has 2 N–H and O–H groups in total. The zero-order valence-electron chi connectivity index (χ0n) is 14.3. The van der Waals surface area contributed by atoms with Gasteiger partial charge < -0.3 is 4.42 Å². The SMILES string of the molecule is CCN(CC)Cc1ccc(C(=O)NNC(=O)c2sc(C)nc2C)o1. The quantitative estimate of drug-likeness (QED) is 0.781. The highest BCUT2D eigenvalue weighted by molar-refractivity contribution is 7.13. The van der Waals surface area contributed by atoms with E-state index in [1.807, 2.05) is 6.92 Å². The summed E-state index contributed by atoms with van der Waals surface area (Å²) in [5, 5.41) is 0.802. The molecule has 0 saturated carbocycles. The van der Waals surface area contributed by atoms with E-state index in [1.165, 1.54) is 11.3 Å². The number of aromatic nitrogens is 1. The van der Waals surface area contributed by atoms with Crippen molar-refractivity contribution in [1.29, 1.82) is 0 Å². The van der Waals surface area contributed by atoms with Crippen LogP contribution >= 0.6 is 11.3 Å². The molecule has 0 spiro atoms. The Morgan fingerprint density at radius 3 is 2.42 bits per heavy atom. The van der Waals surface area contributed by atoms with Gasteiger partial charge in [-0.3, -0.25) is 25.3 Å². The number of hydrazine groups is 1. The molecule has 7 nitrogen and oxygen atoms in total. The Morgan fingerprint density at radius 2 is 1.83 bits per heavy atom. The first-order chi connectivity index (χ1) is 11.4. The van der Waals surface area contributed by atoms with E-state index in [9.17, 15) is 9.59 Å². The van der Waals surface area contributed by atoms with Gasteiger partial charge in [0, 0.05) is 0 Å². The predicted octanol–water partition coefficient (Wildman–Crippen LogP) is 2.27. The number of aryl methyl sites for hydroxylation is 2. The van der Waals surface area contributed by atoms with Gasteiger partial charge in [0.25, 0.3) is 5.91 Å². The Kier molecular flexibility index (Phi) is 6.10. The van der Waals surface area contributed by atoms with Gasteiger partial charge in [-0.15, -0.1) is 11.3 Å². The monoisotopic (exact) mass is 350 g/mol. The summed E-state index contributed by atoms with van der Waals surface area (Å²) in [5.41, 5.74) is 5.39. The van der Waals surface area contributed by atoms with Crippen LogP contribution in [0.4, 0.5) is 0 Å². The third kappa shape index (κ3) is 4.42. The number of hydrogen-bond acceptors (Lipinski definition) is 6. The van der Waals surface area contributed by atoms with Crippen LogP contribution in [0.25, 0.3) is 0 Å². The van der Waals surface area contributed by atoms with Gasteiger partial charge in [-0.25, -0.2) is 4.98 Å². The highest BCUT2D eigenvalue weighted by Crippen LogP contribution is 2.16. The second-order valence-corrected chi connectivity index (χ2v) is 6.49. The maximum absolute atomic E-state index is 12.1. The summed E-state index contributed by atoms with van der Waals surface area (Å²) in [4.78, 5) is 31.0. The molecule has 2 amide bonds. The van der Waals surface area contributed by atoms with E-state index in [0.717, 1.165) is 18.1 Å². The molecule has 0 fully saturated rings. The van der Waals surface area contributed by atoms with Crippen molar-refractivity contribution in [1.82, 2.24) is 20.7 Å². The molecule has 0 aliphatic carbocycles. The number of amides is 2. The summed E-state index contributed by atoms with van der Waals surface area (Å²) in [5.74, 6) is -0.00632. The first kappa shape index (κ1) is 18.2. The number of nitrogens with one attached hydrogen (secondary N) is 2. The molecular formula is C16H22N4O3S. The van der Waals surface area contributed by atoms with Gasteiger partial charge in [-0.05, 0) is 39.1 Å². The Balaban J connectivity index is 1.92. The number of nitrogens with zero attached hydrogens (tertiary/aromatic N) is 2. The summed E-state index contributed by atoms with van der Waals surface area (Å²) in [6.45, 7) is 10.2. The van der Waals surface area contributed by atoms with Gasteiger partial charge in [0.1, 0.15) is 10.6 Å². The first-order valence-electron chi connectivity index (χ1n) is 7.80. The molecule has 2 heterocycles. The van der Waals surface area contributed by atoms with Crippen LogP contribution in [0.3, 0.4) is 0 Å². The molecule has 8 heteroatoms. The lowest BCUT2D eigenvalue weighted by atomic mass is 10.3. The number of hydrogen-bond donors (Lipinski definition) is 2. The molecule has 24 heavy (non-hydrogen) atoms. The molecular weight excluding hydrogens is 328 g/mol. The summed E-state index contributed by atoms with van der Waals surface area (Å²) in [6.07, 6.45) is 0. The molecule has 0 bridgehead atoms. The zero-order chi connectivity index (χ0) is 17.7. The van der Waals surface area contributed by atoms with Crippen LogP contribution in [-0.2, 0) is 6.54 Å². The highest BCUT2D eigenvalue weighted by atomic mass is 32.1. The van der Waals surface area contributed by atoms with Gasteiger partial charge in [-0.1, -0.05) is 13.8 Å². The van der Waals surface area contributed by atoms with E-state index in [2.05, 4.69) is 34.6 Å². The van der Waals surface area contributed by atoms with Crippen molar-refractivity contribution in [3.05, 3.63) is 39.2 Å². The first-order valence-corrected chi connectivity index (χ1v) is 8.62. The second-order valence-electron chi connectivity index (χ2n) is 5.28. The fourth-order valence-electron chi connectivity index (χ4n) is 2.23. The normalized spacial score (nSPS) is 10.9.